The van der Waals surface area contributed by atoms with Crippen molar-refractivity contribution in [2.45, 2.75) is 44.7 Å². The number of ether oxygens (including phenoxy) is 2. The van der Waals surface area contributed by atoms with Crippen LogP contribution in [0.4, 0.5) is 8.78 Å². The number of aliphatic hydroxyl groups excluding tert-OH is 1. The molecule has 0 radical (unpaired) electrons. The minimum atomic E-state index is -3.37. The van der Waals surface area contributed by atoms with E-state index in [1.54, 1.807) is 0 Å². The Labute approximate surface area is 79.8 Å². The minimum Gasteiger partial charge on any atom is -0.433 e. The molecule has 1 aliphatic heterocycles. The number of alkyl halides is 2. The molecule has 82 valence electrons. The van der Waals surface area contributed by atoms with Crippen molar-refractivity contribution in [2.24, 2.45) is 0 Å². The third-order valence-electron chi connectivity index (χ3n) is 2.03. The van der Waals surface area contributed by atoms with Crippen LogP contribution in [0.1, 0.15) is 20.3 Å². The first-order chi connectivity index (χ1) is 6.39. The highest BCUT2D eigenvalue weighted by Gasteiger charge is 2.59. The van der Waals surface area contributed by atoms with Crippen LogP contribution in [0.2, 0.25) is 0 Å². The van der Waals surface area contributed by atoms with Crippen molar-refractivity contribution < 1.29 is 28.2 Å². The van der Waals surface area contributed by atoms with Gasteiger partial charge in [-0.25, -0.2) is 8.78 Å². The summed E-state index contributed by atoms with van der Waals surface area (Å²) in [5.41, 5.74) is 0. The molecule has 1 rings (SSSR count). The number of rotatable bonds is 2. The third-order valence-corrected chi connectivity index (χ3v) is 2.03. The number of hydrogen-bond acceptors (Lipinski definition) is 4. The molecule has 1 N–H and O–H groups in total. The second-order valence-corrected chi connectivity index (χ2v) is 3.13. The van der Waals surface area contributed by atoms with Crippen LogP contribution in [0.3, 0.4) is 0 Å². The maximum absolute atomic E-state index is 13.1. The molecule has 0 saturated carbocycles. The van der Waals surface area contributed by atoms with Crippen molar-refractivity contribution in [3.63, 3.8) is 0 Å². The van der Waals surface area contributed by atoms with Gasteiger partial charge in [0.25, 0.3) is 0 Å². The molecule has 14 heavy (non-hydrogen) atoms. The molecule has 0 aromatic rings. The van der Waals surface area contributed by atoms with Crippen LogP contribution < -0.4 is 0 Å². The van der Waals surface area contributed by atoms with E-state index in [-0.39, 0.29) is 6.42 Å². The average Bonchev–Trinajstić information content (AvgIpc) is 2.27. The van der Waals surface area contributed by atoms with Gasteiger partial charge < -0.3 is 14.6 Å². The maximum Gasteiger partial charge on any atom is 0.305 e. The topological polar surface area (TPSA) is 55.8 Å². The van der Waals surface area contributed by atoms with E-state index < -0.39 is 30.4 Å². The van der Waals surface area contributed by atoms with Gasteiger partial charge in [-0.15, -0.1) is 0 Å². The van der Waals surface area contributed by atoms with Gasteiger partial charge in [0.2, 0.25) is 6.29 Å². The van der Waals surface area contributed by atoms with Gasteiger partial charge in [-0.1, -0.05) is 6.92 Å². The zero-order valence-electron chi connectivity index (χ0n) is 7.87. The highest BCUT2D eigenvalue weighted by molar-refractivity contribution is 5.66. The van der Waals surface area contributed by atoms with Gasteiger partial charge in [-0.3, -0.25) is 4.79 Å². The highest BCUT2D eigenvalue weighted by atomic mass is 19.3. The summed E-state index contributed by atoms with van der Waals surface area (Å²) >= 11 is 0. The highest BCUT2D eigenvalue weighted by Crippen LogP contribution is 2.38. The monoisotopic (exact) mass is 210 g/mol. The lowest BCUT2D eigenvalue weighted by Gasteiger charge is -2.17. The molecule has 0 aromatic heterocycles. The first-order valence-corrected chi connectivity index (χ1v) is 4.28. The van der Waals surface area contributed by atoms with Gasteiger partial charge >= 0.3 is 11.9 Å². The van der Waals surface area contributed by atoms with Crippen molar-refractivity contribution in [3.05, 3.63) is 0 Å². The summed E-state index contributed by atoms with van der Waals surface area (Å²) in [5.74, 6) is -4.13. The molecule has 1 aliphatic rings. The Kier molecular flexibility index (Phi) is 3.06. The predicted molar refractivity (Wildman–Crippen MR) is 41.7 cm³/mol. The summed E-state index contributed by atoms with van der Waals surface area (Å²) in [6.07, 6.45) is -5.01. The molecule has 4 nitrogen and oxygen atoms in total. The number of aliphatic hydroxyl groups is 1. The van der Waals surface area contributed by atoms with E-state index in [4.69, 9.17) is 9.84 Å². The lowest BCUT2D eigenvalue weighted by Crippen LogP contribution is -2.40. The van der Waals surface area contributed by atoms with E-state index in [1.807, 2.05) is 0 Å². The minimum absolute atomic E-state index is 0.0435. The normalized spacial score (nSPS) is 35.6. The third kappa shape index (κ3) is 1.85. The number of halogens is 2. The molecule has 3 atom stereocenters. The quantitative estimate of drug-likeness (QED) is 0.681. The molecule has 1 fully saturated rings. The van der Waals surface area contributed by atoms with Crippen LogP contribution in [0.5, 0.6) is 0 Å². The molecule has 0 bridgehead atoms. The Morgan fingerprint density at radius 2 is 2.21 bits per heavy atom. The smallest absolute Gasteiger partial charge is 0.305 e. The van der Waals surface area contributed by atoms with Crippen molar-refractivity contribution in [1.82, 2.24) is 0 Å². The summed E-state index contributed by atoms with van der Waals surface area (Å²) in [6, 6.07) is 0. The van der Waals surface area contributed by atoms with Crippen LogP contribution in [0.15, 0.2) is 0 Å². The molecule has 0 unspecified atom stereocenters. The fraction of sp³-hybridized carbons (Fsp3) is 0.875. The summed E-state index contributed by atoms with van der Waals surface area (Å²) in [6.45, 7) is 2.56. The molecule has 6 heteroatoms. The van der Waals surface area contributed by atoms with Gasteiger partial charge in [0, 0.05) is 6.92 Å². The van der Waals surface area contributed by atoms with E-state index in [0.29, 0.717) is 0 Å². The van der Waals surface area contributed by atoms with Gasteiger partial charge in [0.1, 0.15) is 6.10 Å². The van der Waals surface area contributed by atoms with Crippen LogP contribution in [0, 0.1) is 0 Å². The Balaban J connectivity index is 2.71. The van der Waals surface area contributed by atoms with Crippen LogP contribution >= 0.6 is 0 Å². The van der Waals surface area contributed by atoms with E-state index in [0.717, 1.165) is 6.92 Å². The van der Waals surface area contributed by atoms with Gasteiger partial charge in [-0.2, -0.15) is 0 Å². The van der Waals surface area contributed by atoms with Crippen molar-refractivity contribution in [1.29, 1.82) is 0 Å². The van der Waals surface area contributed by atoms with Crippen LogP contribution in [-0.2, 0) is 14.3 Å². The Hall–Kier alpha value is -0.750. The Morgan fingerprint density at radius 1 is 1.64 bits per heavy atom. The Bertz CT molecular complexity index is 231. The van der Waals surface area contributed by atoms with Crippen molar-refractivity contribution in [2.75, 3.05) is 0 Å². The molecule has 0 amide bonds. The molecule has 1 heterocycles. The lowest BCUT2D eigenvalue weighted by molar-refractivity contribution is -0.186. The number of esters is 1. The first kappa shape index (κ1) is 11.3. The zero-order chi connectivity index (χ0) is 10.9. The summed E-state index contributed by atoms with van der Waals surface area (Å²) in [7, 11) is 0. The number of carbonyl (C=O) groups excluding carboxylic acids is 1. The summed E-state index contributed by atoms with van der Waals surface area (Å²) in [4.78, 5) is 10.5. The first-order valence-electron chi connectivity index (χ1n) is 4.28. The summed E-state index contributed by atoms with van der Waals surface area (Å²) in [5, 5.41) is 9.11. The van der Waals surface area contributed by atoms with E-state index >= 15 is 0 Å². The van der Waals surface area contributed by atoms with Crippen LogP contribution in [-0.4, -0.2) is 35.5 Å². The van der Waals surface area contributed by atoms with Gasteiger partial charge in [0.05, 0.1) is 0 Å². The lowest BCUT2D eigenvalue weighted by atomic mass is 10.1. The van der Waals surface area contributed by atoms with Crippen molar-refractivity contribution >= 4 is 5.97 Å². The van der Waals surface area contributed by atoms with Gasteiger partial charge in [-0.05, 0) is 6.42 Å². The second kappa shape index (κ2) is 3.78. The maximum atomic E-state index is 13.1. The van der Waals surface area contributed by atoms with Crippen LogP contribution in [0.25, 0.3) is 0 Å². The number of carbonyl (C=O) groups is 1. The van der Waals surface area contributed by atoms with E-state index in [2.05, 4.69) is 4.74 Å². The van der Waals surface area contributed by atoms with E-state index in [9.17, 15) is 13.6 Å². The molecule has 0 aliphatic carbocycles. The average molecular weight is 210 g/mol. The van der Waals surface area contributed by atoms with E-state index in [1.165, 1.54) is 6.92 Å². The second-order valence-electron chi connectivity index (χ2n) is 3.13. The molecule has 0 spiro atoms. The zero-order valence-corrected chi connectivity index (χ0v) is 7.87. The molecular weight excluding hydrogens is 198 g/mol. The largest absolute Gasteiger partial charge is 0.433 e. The molecule has 1 saturated heterocycles. The summed E-state index contributed by atoms with van der Waals surface area (Å²) < 4.78 is 35.4. The van der Waals surface area contributed by atoms with Crippen molar-refractivity contribution in [3.8, 4) is 0 Å². The number of hydrogen-bond donors (Lipinski definition) is 1. The molecular formula is C8H12F2O4. The fourth-order valence-corrected chi connectivity index (χ4v) is 1.32. The Morgan fingerprint density at radius 3 is 2.57 bits per heavy atom. The predicted octanol–water partition coefficient (Wildman–Crippen LogP) is 0.681. The molecule has 0 aromatic carbocycles. The fourth-order valence-electron chi connectivity index (χ4n) is 1.32. The van der Waals surface area contributed by atoms with Gasteiger partial charge in [0.15, 0.2) is 6.10 Å². The SMILES string of the molecule is CC[C@H]1O[C@H](OC(C)=O)[C@@H](O)C1(F)F. The standard InChI is InChI=1S/C8H12F2O4/c1-3-5-8(9,10)6(12)7(14-5)13-4(2)11/h5-7,12H,3H2,1-2H3/t5-,6-,7+/m1/s1.